The highest BCUT2D eigenvalue weighted by Gasteiger charge is 2.28. The third kappa shape index (κ3) is 12.7. The summed E-state index contributed by atoms with van der Waals surface area (Å²) >= 11 is 5.37. The van der Waals surface area contributed by atoms with Crippen molar-refractivity contribution in [2.75, 3.05) is 20.2 Å². The number of nitrogens with zero attached hydrogens (tertiary/aromatic N) is 7. The number of carbonyl (C=O) groups is 4. The first-order valence-corrected chi connectivity index (χ1v) is 26.4. The Morgan fingerprint density at radius 2 is 1.13 bits per heavy atom. The minimum atomic E-state index is -0.855. The molecule has 10 rings (SSSR count). The molecule has 0 saturated heterocycles. The summed E-state index contributed by atoms with van der Waals surface area (Å²) in [6.45, 7) is 20.4. The molecular weight excluding hydrogens is 1000 g/mol. The number of rotatable bonds is 12. The minimum absolute atomic E-state index is 0. The smallest absolute Gasteiger partial charge is 0.306 e. The minimum Gasteiger partial charge on any atom is -0.481 e. The standard InChI is InChI=1S/C30H32N4O3.C22H26N4O2.C9H9ClO.2CH4/c1-5-34-26-12-11-24(20(4)29(26)31-32-34)25(16-27(35)36)22-10-9-21-13-14-33(17-23(21)15-22)30(37)28-18(2)7-6-8-19(28)3;1-4-26-20-8-7-18(14(2)22(20)24-25-26)19(12-21(27)28-3)16-6-5-15-9-10-23-13-17(15)11-16;1-6-4-3-5-7(2)8(6)9(10)11;;/h6-12,15,25H,5,13-14,16-17H2,1-4H3,(H,35,36);5-8,11,19,23H,4,9-10,12-13H2,1-3H3;3-5H,1-2H3;2*1H4. The molecule has 15 heteroatoms. The summed E-state index contributed by atoms with van der Waals surface area (Å²) in [5, 5.41) is 30.1. The predicted molar refractivity (Wildman–Crippen MR) is 311 cm³/mol. The molecule has 0 fully saturated rings. The zero-order chi connectivity index (χ0) is 54.4. The van der Waals surface area contributed by atoms with Crippen molar-refractivity contribution < 1.29 is 29.0 Å². The fourth-order valence-corrected chi connectivity index (χ4v) is 11.2. The van der Waals surface area contributed by atoms with Crippen LogP contribution >= 0.6 is 11.6 Å². The monoisotopic (exact) mass is 1070 g/mol. The van der Waals surface area contributed by atoms with E-state index in [2.05, 4.69) is 82.3 Å². The quantitative estimate of drug-likeness (QED) is 0.0880. The molecule has 1 amide bonds. The molecule has 78 heavy (non-hydrogen) atoms. The van der Waals surface area contributed by atoms with E-state index in [4.69, 9.17) is 16.3 Å². The molecule has 2 N–H and O–H groups in total. The molecule has 2 aliphatic rings. The number of carbonyl (C=O) groups excluding carboxylic acids is 3. The van der Waals surface area contributed by atoms with Crippen LogP contribution in [0.2, 0.25) is 0 Å². The number of ether oxygens (including phenoxy) is 1. The average molecular weight is 1080 g/mol. The van der Waals surface area contributed by atoms with Crippen LogP contribution in [0.1, 0.15) is 152 Å². The van der Waals surface area contributed by atoms with E-state index < -0.39 is 5.97 Å². The van der Waals surface area contributed by atoms with Crippen LogP contribution in [0.4, 0.5) is 0 Å². The van der Waals surface area contributed by atoms with Crippen molar-refractivity contribution in [2.45, 2.75) is 134 Å². The number of amides is 1. The first kappa shape index (κ1) is 59.7. The van der Waals surface area contributed by atoms with Gasteiger partial charge in [0.05, 0.1) is 31.0 Å². The third-order valence-electron chi connectivity index (χ3n) is 15.1. The van der Waals surface area contributed by atoms with Crippen LogP contribution in [0.15, 0.2) is 97.1 Å². The van der Waals surface area contributed by atoms with E-state index in [9.17, 15) is 24.3 Å². The molecule has 4 heterocycles. The lowest BCUT2D eigenvalue weighted by atomic mass is 9.83. The van der Waals surface area contributed by atoms with E-state index >= 15 is 0 Å². The number of esters is 1. The number of hydrogen-bond donors (Lipinski definition) is 2. The van der Waals surface area contributed by atoms with Crippen LogP contribution in [-0.4, -0.2) is 83.3 Å². The largest absolute Gasteiger partial charge is 0.481 e. The maximum Gasteiger partial charge on any atom is 0.306 e. The zero-order valence-corrected chi connectivity index (χ0v) is 45.7. The highest BCUT2D eigenvalue weighted by atomic mass is 35.5. The molecule has 6 aromatic carbocycles. The number of methoxy groups -OCH3 is 1. The van der Waals surface area contributed by atoms with Crippen molar-refractivity contribution in [1.82, 2.24) is 40.2 Å². The summed E-state index contributed by atoms with van der Waals surface area (Å²) < 4.78 is 8.74. The molecule has 2 aromatic heterocycles. The number of benzene rings is 6. The second-order valence-electron chi connectivity index (χ2n) is 19.9. The summed E-state index contributed by atoms with van der Waals surface area (Å²) in [4.78, 5) is 50.4. The summed E-state index contributed by atoms with van der Waals surface area (Å²) in [5.41, 5.74) is 20.0. The Labute approximate surface area is 464 Å². The van der Waals surface area contributed by atoms with E-state index in [1.165, 1.54) is 23.8 Å². The lowest BCUT2D eigenvalue weighted by Gasteiger charge is -2.31. The van der Waals surface area contributed by atoms with Gasteiger partial charge in [0.2, 0.25) is 0 Å². The van der Waals surface area contributed by atoms with Crippen molar-refractivity contribution in [2.24, 2.45) is 0 Å². The molecule has 14 nitrogen and oxygen atoms in total. The van der Waals surface area contributed by atoms with Crippen molar-refractivity contribution in [3.63, 3.8) is 0 Å². The number of aryl methyl sites for hydroxylation is 8. The van der Waals surface area contributed by atoms with Gasteiger partial charge in [-0.05, 0) is 176 Å². The molecule has 0 bridgehead atoms. The van der Waals surface area contributed by atoms with E-state index in [1.54, 1.807) is 0 Å². The van der Waals surface area contributed by atoms with Crippen LogP contribution in [0.3, 0.4) is 0 Å². The Hall–Kier alpha value is -7.55. The Bertz CT molecular complexity index is 3450. The van der Waals surface area contributed by atoms with E-state index in [0.29, 0.717) is 25.1 Å². The van der Waals surface area contributed by atoms with Gasteiger partial charge in [-0.2, -0.15) is 0 Å². The van der Waals surface area contributed by atoms with Crippen LogP contribution < -0.4 is 5.32 Å². The van der Waals surface area contributed by atoms with Crippen LogP contribution in [0, 0.1) is 41.5 Å². The van der Waals surface area contributed by atoms with Gasteiger partial charge in [0.1, 0.15) is 11.0 Å². The van der Waals surface area contributed by atoms with Crippen LogP contribution in [-0.2, 0) is 53.3 Å². The van der Waals surface area contributed by atoms with Crippen LogP contribution in [0.25, 0.3) is 22.1 Å². The summed E-state index contributed by atoms with van der Waals surface area (Å²) in [5.74, 6) is -1.42. The molecule has 0 radical (unpaired) electrons. The van der Waals surface area contributed by atoms with Gasteiger partial charge in [-0.15, -0.1) is 10.2 Å². The average Bonchev–Trinajstić information content (AvgIpc) is 4.06. The number of carboxylic acid groups (broad SMARTS) is 1. The highest BCUT2D eigenvalue weighted by molar-refractivity contribution is 6.68. The molecule has 2 unspecified atom stereocenters. The van der Waals surface area contributed by atoms with Crippen molar-refractivity contribution >= 4 is 56.8 Å². The molecular formula is C63H75ClN8O6. The van der Waals surface area contributed by atoms with Gasteiger partial charge < -0.3 is 20.1 Å². The molecule has 0 aliphatic carbocycles. The Morgan fingerprint density at radius 3 is 1.60 bits per heavy atom. The topological polar surface area (TPSA) is 174 Å². The second-order valence-corrected chi connectivity index (χ2v) is 20.2. The van der Waals surface area contributed by atoms with Gasteiger partial charge >= 0.3 is 11.9 Å². The number of hydrogen-bond acceptors (Lipinski definition) is 10. The second kappa shape index (κ2) is 26.2. The number of nitrogens with one attached hydrogen (secondary N) is 1. The molecule has 410 valence electrons. The Kier molecular flexibility index (Phi) is 20.0. The summed E-state index contributed by atoms with van der Waals surface area (Å²) in [7, 11) is 1.44. The van der Waals surface area contributed by atoms with Gasteiger partial charge in [-0.1, -0.05) is 110 Å². The first-order chi connectivity index (χ1) is 36.5. The van der Waals surface area contributed by atoms with Gasteiger partial charge in [-0.3, -0.25) is 19.2 Å². The molecule has 2 aliphatic heterocycles. The number of fused-ring (bicyclic) bond motifs is 4. The lowest BCUT2D eigenvalue weighted by Crippen LogP contribution is -2.36. The fourth-order valence-electron chi connectivity index (χ4n) is 10.9. The number of aliphatic carboxylic acids is 1. The molecule has 2 atom stereocenters. The highest BCUT2D eigenvalue weighted by Crippen LogP contribution is 2.37. The molecule has 0 spiro atoms. The number of carboxylic acids is 1. The van der Waals surface area contributed by atoms with Gasteiger partial charge in [0, 0.05) is 55.7 Å². The third-order valence-corrected chi connectivity index (χ3v) is 15.3. The fraction of sp³-hybridized carbons (Fsp3) is 0.365. The maximum atomic E-state index is 13.5. The SMILES string of the molecule is C.C.CCn1nnc2c(C)c(C(CC(=O)O)c3ccc4c(c3)CN(C(=O)c3c(C)cccc3C)CC4)ccc21.CCn1nnc2c(C)c(C(CC(=O)OC)c3ccc4c(c3)CNCC4)ccc21.Cc1cccc(C)c1C(=O)Cl. The predicted octanol–water partition coefficient (Wildman–Crippen LogP) is 12.2. The first-order valence-electron chi connectivity index (χ1n) is 26.0. The number of halogens is 1. The summed E-state index contributed by atoms with van der Waals surface area (Å²) in [6.07, 6.45) is 2.10. The number of aromatic nitrogens is 6. The van der Waals surface area contributed by atoms with Gasteiger partial charge in [-0.25, -0.2) is 9.36 Å². The molecule has 8 aromatic rings. The van der Waals surface area contributed by atoms with Gasteiger partial charge in [0.25, 0.3) is 11.1 Å². The van der Waals surface area contributed by atoms with E-state index in [0.717, 1.165) is 128 Å². The zero-order valence-electron chi connectivity index (χ0n) is 45.0. The van der Waals surface area contributed by atoms with E-state index in [1.807, 2.05) is 110 Å². The Balaban J connectivity index is 0.000000212. The van der Waals surface area contributed by atoms with Crippen LogP contribution in [0.5, 0.6) is 0 Å². The summed E-state index contributed by atoms with van der Waals surface area (Å²) in [6, 6.07) is 32.6. The van der Waals surface area contributed by atoms with E-state index in [-0.39, 0.29) is 50.2 Å². The van der Waals surface area contributed by atoms with Gasteiger partial charge in [0.15, 0.2) is 0 Å². The lowest BCUT2D eigenvalue weighted by molar-refractivity contribution is -0.141. The Morgan fingerprint density at radius 1 is 0.641 bits per heavy atom. The normalized spacial score (nSPS) is 13.3. The molecule has 0 saturated carbocycles. The van der Waals surface area contributed by atoms with Crippen molar-refractivity contribution in [1.29, 1.82) is 0 Å². The maximum absolute atomic E-state index is 13.5. The van der Waals surface area contributed by atoms with Crippen molar-refractivity contribution in [3.8, 4) is 0 Å². The van der Waals surface area contributed by atoms with Crippen molar-refractivity contribution in [3.05, 3.63) is 186 Å².